The van der Waals surface area contributed by atoms with Crippen LogP contribution >= 0.6 is 11.8 Å². The average Bonchev–Trinajstić information content (AvgIpc) is 3.53. The smallest absolute Gasteiger partial charge is 0.247 e. The van der Waals surface area contributed by atoms with Crippen LogP contribution in [0.4, 0.5) is 0 Å². The van der Waals surface area contributed by atoms with Crippen LogP contribution < -0.4 is 0 Å². The van der Waals surface area contributed by atoms with Crippen LogP contribution in [0.1, 0.15) is 72.6 Å². The van der Waals surface area contributed by atoms with Crippen molar-refractivity contribution in [2.45, 2.75) is 94.7 Å². The quantitative estimate of drug-likeness (QED) is 0.232. The number of hydrogen-bond acceptors (Lipinski definition) is 5. The van der Waals surface area contributed by atoms with Gasteiger partial charge in [-0.15, -0.1) is 24.9 Å². The van der Waals surface area contributed by atoms with Crippen LogP contribution in [0.5, 0.6) is 0 Å². The molecular weight excluding hydrogens is 498 g/mol. The normalized spacial score (nSPS) is 28.5. The van der Waals surface area contributed by atoms with Crippen molar-refractivity contribution in [3.8, 4) is 0 Å². The lowest BCUT2D eigenvalue weighted by molar-refractivity contribution is -0.147. The van der Waals surface area contributed by atoms with E-state index in [1.807, 2.05) is 16.7 Å². The Morgan fingerprint density at radius 2 is 1.76 bits per heavy atom. The van der Waals surface area contributed by atoms with Gasteiger partial charge >= 0.3 is 0 Å². The predicted octanol–water partition coefficient (Wildman–Crippen LogP) is 4.11. The van der Waals surface area contributed by atoms with Crippen LogP contribution in [0.2, 0.25) is 0 Å². The maximum absolute atomic E-state index is 14.4. The van der Waals surface area contributed by atoms with Crippen molar-refractivity contribution < 1.29 is 19.5 Å². The first-order chi connectivity index (χ1) is 18.2. The Morgan fingerprint density at radius 3 is 2.32 bits per heavy atom. The molecule has 3 saturated heterocycles. The third-order valence-corrected chi connectivity index (χ3v) is 10.4. The summed E-state index contributed by atoms with van der Waals surface area (Å²) in [6.45, 7) is 18.0. The highest BCUT2D eigenvalue weighted by Gasteiger charge is 2.74. The first kappa shape index (κ1) is 30.7. The topological polar surface area (TPSA) is 81.2 Å². The van der Waals surface area contributed by atoms with E-state index < -0.39 is 28.7 Å². The fourth-order valence-electron chi connectivity index (χ4n) is 6.97. The van der Waals surface area contributed by atoms with Gasteiger partial charge < -0.3 is 19.8 Å². The van der Waals surface area contributed by atoms with Gasteiger partial charge in [-0.25, -0.2) is 0 Å². The molecule has 0 aromatic carbocycles. The number of rotatable bonds is 16. The molecule has 3 heterocycles. The molecule has 0 saturated carbocycles. The maximum Gasteiger partial charge on any atom is 0.247 e. The van der Waals surface area contributed by atoms with Gasteiger partial charge in [-0.3, -0.25) is 14.4 Å². The van der Waals surface area contributed by atoms with Crippen molar-refractivity contribution in [1.82, 2.24) is 14.7 Å². The van der Waals surface area contributed by atoms with E-state index in [9.17, 15) is 19.5 Å². The molecule has 3 aliphatic heterocycles. The number of unbranched alkanes of at least 4 members (excludes halogenated alkanes) is 2. The summed E-state index contributed by atoms with van der Waals surface area (Å²) < 4.78 is -0.639. The Balaban J connectivity index is 2.06. The van der Waals surface area contributed by atoms with Crippen molar-refractivity contribution >= 4 is 29.5 Å². The molecule has 0 aromatic rings. The number of carbonyl (C=O) groups is 3. The molecule has 1 spiro atoms. The summed E-state index contributed by atoms with van der Waals surface area (Å²) in [5.74, 6) is -0.919. The number of carbonyl (C=O) groups excluding carboxylic acids is 3. The molecule has 38 heavy (non-hydrogen) atoms. The van der Waals surface area contributed by atoms with Crippen LogP contribution in [0.3, 0.4) is 0 Å². The zero-order chi connectivity index (χ0) is 28.0. The van der Waals surface area contributed by atoms with Gasteiger partial charge in [0, 0.05) is 31.4 Å². The van der Waals surface area contributed by atoms with Crippen LogP contribution in [-0.2, 0) is 14.4 Å². The van der Waals surface area contributed by atoms with Crippen molar-refractivity contribution in [2.75, 3.05) is 32.8 Å². The summed E-state index contributed by atoms with van der Waals surface area (Å²) in [7, 11) is 0. The highest BCUT2D eigenvalue weighted by Crippen LogP contribution is 2.67. The number of amides is 3. The minimum absolute atomic E-state index is 0.00697. The first-order valence-electron chi connectivity index (χ1n) is 14.6. The lowest BCUT2D eigenvalue weighted by atomic mass is 9.70. The lowest BCUT2D eigenvalue weighted by Crippen LogP contribution is -2.57. The van der Waals surface area contributed by atoms with Gasteiger partial charge in [-0.2, -0.15) is 0 Å². The van der Waals surface area contributed by atoms with Gasteiger partial charge in [0.15, 0.2) is 0 Å². The summed E-state index contributed by atoms with van der Waals surface area (Å²) in [4.78, 5) is 48.1. The number of likely N-dealkylation sites (tertiary alicyclic amines) is 1. The fourth-order valence-corrected chi connectivity index (χ4v) is 9.16. The summed E-state index contributed by atoms with van der Waals surface area (Å²) in [6.07, 6.45) is 9.47. The third-order valence-electron chi connectivity index (χ3n) is 8.45. The largest absolute Gasteiger partial charge is 0.394 e. The number of hydrogen-bond donors (Lipinski definition) is 1. The molecule has 2 bridgehead atoms. The van der Waals surface area contributed by atoms with E-state index in [1.54, 1.807) is 28.8 Å². The number of nitrogens with zero attached hydrogens (tertiary/aromatic N) is 3. The van der Waals surface area contributed by atoms with Crippen molar-refractivity contribution in [1.29, 1.82) is 0 Å². The van der Waals surface area contributed by atoms with Gasteiger partial charge in [-0.05, 0) is 38.0 Å². The Labute approximate surface area is 234 Å². The van der Waals surface area contributed by atoms with Gasteiger partial charge in [0.05, 0.1) is 29.2 Å². The maximum atomic E-state index is 14.4. The predicted molar refractivity (Wildman–Crippen MR) is 155 cm³/mol. The van der Waals surface area contributed by atoms with E-state index in [2.05, 4.69) is 33.9 Å². The van der Waals surface area contributed by atoms with Gasteiger partial charge in [0.25, 0.3) is 0 Å². The minimum atomic E-state index is -0.677. The second-order valence-corrected chi connectivity index (χ2v) is 13.2. The van der Waals surface area contributed by atoms with Crippen LogP contribution in [0.15, 0.2) is 25.3 Å². The molecule has 0 aromatic heterocycles. The number of aliphatic hydroxyl groups is 1. The molecule has 214 valence electrons. The zero-order valence-electron chi connectivity index (χ0n) is 23.9. The molecule has 8 heteroatoms. The zero-order valence-corrected chi connectivity index (χ0v) is 24.8. The summed E-state index contributed by atoms with van der Waals surface area (Å²) in [5, 5.41) is 10.5. The standard InChI is InChI=1S/C30H49N3O4S/c1-7-11-12-18-32(17-10-4)29(37)26-30-14-13-23(38-30)24(27(35)31(15-8-2)16-9-3)25(30)28(36)33(26)22(20-34)19-21(5)6/h8,10,21-26,34H,2,4,7,9,11-20H2,1,3,5-6H3/t22-,23-,24+,25+,26?,30?/m1/s1. The lowest BCUT2D eigenvalue weighted by Gasteiger charge is -2.40. The fraction of sp³-hybridized carbons (Fsp3) is 0.767. The van der Waals surface area contributed by atoms with Crippen LogP contribution in [-0.4, -0.2) is 92.4 Å². The molecule has 3 aliphatic rings. The van der Waals surface area contributed by atoms with Gasteiger partial charge in [0.1, 0.15) is 6.04 Å². The number of thioether (sulfide) groups is 1. The molecule has 7 nitrogen and oxygen atoms in total. The molecule has 3 fully saturated rings. The Kier molecular flexibility index (Phi) is 10.9. The molecule has 0 radical (unpaired) electrons. The second-order valence-electron chi connectivity index (χ2n) is 11.6. The highest BCUT2D eigenvalue weighted by atomic mass is 32.2. The van der Waals surface area contributed by atoms with E-state index in [4.69, 9.17) is 0 Å². The highest BCUT2D eigenvalue weighted by molar-refractivity contribution is 8.02. The van der Waals surface area contributed by atoms with Crippen molar-refractivity contribution in [2.24, 2.45) is 17.8 Å². The molecule has 1 N–H and O–H groups in total. The SMILES string of the molecule is C=CCN(CCCCC)C(=O)C1N([C@@H](CO)CC(C)C)C(=O)[C@@H]2[C@@H](C(=O)N(CC=C)CCC)[C@H]3CCC12S3. The summed E-state index contributed by atoms with van der Waals surface area (Å²) in [5.41, 5.74) is 0. The molecule has 0 aliphatic carbocycles. The molecule has 6 atom stereocenters. The van der Waals surface area contributed by atoms with Crippen molar-refractivity contribution in [3.05, 3.63) is 25.3 Å². The summed E-state index contributed by atoms with van der Waals surface area (Å²) in [6, 6.07) is -1.13. The molecule has 3 amide bonds. The van der Waals surface area contributed by atoms with E-state index in [-0.39, 0.29) is 35.5 Å². The Bertz CT molecular complexity index is 880. The Morgan fingerprint density at radius 1 is 1.11 bits per heavy atom. The monoisotopic (exact) mass is 547 g/mol. The van der Waals surface area contributed by atoms with Gasteiger partial charge in [-0.1, -0.05) is 52.7 Å². The number of fused-ring (bicyclic) bond motifs is 1. The molecular formula is C30H49N3O4S. The van der Waals surface area contributed by atoms with E-state index in [0.29, 0.717) is 32.6 Å². The van der Waals surface area contributed by atoms with Crippen LogP contribution in [0, 0.1) is 17.8 Å². The molecule has 2 unspecified atom stereocenters. The van der Waals surface area contributed by atoms with Crippen LogP contribution in [0.25, 0.3) is 0 Å². The Hall–Kier alpha value is -1.80. The van der Waals surface area contributed by atoms with E-state index >= 15 is 0 Å². The first-order valence-corrected chi connectivity index (χ1v) is 15.5. The second kappa shape index (κ2) is 13.5. The summed E-state index contributed by atoms with van der Waals surface area (Å²) >= 11 is 1.70. The third kappa shape index (κ3) is 5.72. The number of aliphatic hydroxyl groups excluding tert-OH is 1. The van der Waals surface area contributed by atoms with E-state index in [1.165, 1.54) is 0 Å². The van der Waals surface area contributed by atoms with E-state index in [0.717, 1.165) is 38.5 Å². The van der Waals surface area contributed by atoms with Crippen molar-refractivity contribution in [3.63, 3.8) is 0 Å². The average molecular weight is 548 g/mol. The van der Waals surface area contributed by atoms with Gasteiger partial charge in [0.2, 0.25) is 17.7 Å². The minimum Gasteiger partial charge on any atom is -0.394 e. The molecule has 3 rings (SSSR count).